The molecule has 0 amide bonds. The second kappa shape index (κ2) is 3.95. The van der Waals surface area contributed by atoms with E-state index in [1.165, 1.54) is 0 Å². The van der Waals surface area contributed by atoms with Gasteiger partial charge in [-0.05, 0) is 13.8 Å². The van der Waals surface area contributed by atoms with Crippen LogP contribution in [0.3, 0.4) is 0 Å². The Labute approximate surface area is 82.0 Å². The zero-order valence-electron chi connectivity index (χ0n) is 7.13. The van der Waals surface area contributed by atoms with E-state index in [1.54, 1.807) is 0 Å². The number of aliphatic carboxylic acids is 2. The van der Waals surface area contributed by atoms with E-state index in [0.717, 1.165) is 13.8 Å². The predicted molar refractivity (Wildman–Crippen MR) is 24.9 cm³/mol. The van der Waals surface area contributed by atoms with Gasteiger partial charge in [-0.2, -0.15) is 0 Å². The second-order valence-electron chi connectivity index (χ2n) is 2.20. The van der Waals surface area contributed by atoms with Crippen LogP contribution in [0.1, 0.15) is 15.3 Å². The molecule has 0 spiro atoms. The molecule has 0 fully saturated rings. The molecule has 0 aromatic carbocycles. The van der Waals surface area contributed by atoms with E-state index >= 15 is 0 Å². The molecule has 0 aliphatic heterocycles. The fourth-order valence-corrected chi connectivity index (χ4v) is 0.0833. The summed E-state index contributed by atoms with van der Waals surface area (Å²) in [6, 6.07) is 0. The minimum Gasteiger partial charge on any atom is -0.549 e. The van der Waals surface area contributed by atoms with Gasteiger partial charge in [-0.3, -0.25) is 0 Å². The van der Waals surface area contributed by atoms with Crippen LogP contribution >= 0.6 is 0 Å². The molecule has 0 radical (unpaired) electrons. The first-order chi connectivity index (χ1) is 3.89. The summed E-state index contributed by atoms with van der Waals surface area (Å²) >= 11 is 0. The summed E-state index contributed by atoms with van der Waals surface area (Å²) in [5.74, 6) is -3.27. The van der Waals surface area contributed by atoms with E-state index in [0.29, 0.717) is 0 Å². The number of hydrogen-bond acceptors (Lipinski definition) is 4. The molecule has 0 rings (SSSR count). The van der Waals surface area contributed by atoms with Crippen LogP contribution in [0.15, 0.2) is 0 Å². The smallest absolute Gasteiger partial charge is 0.549 e. The summed E-state index contributed by atoms with van der Waals surface area (Å²) in [5.41, 5.74) is -1.89. The first-order valence-electron chi connectivity index (χ1n) is 2.32. The van der Waals surface area contributed by atoms with E-state index in [9.17, 15) is 19.8 Å². The summed E-state index contributed by atoms with van der Waals surface area (Å²) in [4.78, 5) is 19.9. The molecular weight excluding hydrogens is 147 g/mol. The van der Waals surface area contributed by atoms with E-state index in [2.05, 4.69) is 0 Å². The predicted octanol–water partition coefficient (Wildman–Crippen LogP) is -5.37. The minimum absolute atomic E-state index is 0. The van der Waals surface area contributed by atoms with Gasteiger partial charge in [0.2, 0.25) is 0 Å². The Morgan fingerprint density at radius 3 is 1.40 bits per heavy atom. The first kappa shape index (κ1) is 12.6. The third kappa shape index (κ3) is 2.68. The van der Waals surface area contributed by atoms with Gasteiger partial charge in [0, 0.05) is 5.41 Å². The number of carboxylic acids is 2. The average molecular weight is 154 g/mol. The van der Waals surface area contributed by atoms with Gasteiger partial charge in [-0.1, -0.05) is 0 Å². The van der Waals surface area contributed by atoms with Crippen molar-refractivity contribution in [2.75, 3.05) is 0 Å². The molecule has 0 N–H and O–H groups in total. The summed E-state index contributed by atoms with van der Waals surface area (Å²) < 4.78 is 0. The molecule has 0 saturated heterocycles. The number of hydrogen-bond donors (Lipinski definition) is 0. The molecule has 10 heavy (non-hydrogen) atoms. The fraction of sp³-hybridized carbons (Fsp3) is 0.600. The Balaban J connectivity index is -0.000000320. The van der Waals surface area contributed by atoms with Gasteiger partial charge in [0.25, 0.3) is 0 Å². The van der Waals surface area contributed by atoms with E-state index in [1.807, 2.05) is 0 Å². The largest absolute Gasteiger partial charge is 1.00 e. The zero-order valence-corrected chi connectivity index (χ0v) is 8.13. The van der Waals surface area contributed by atoms with Gasteiger partial charge in [0.15, 0.2) is 0 Å². The van der Waals surface area contributed by atoms with Crippen molar-refractivity contribution in [3.8, 4) is 0 Å². The molecule has 0 atom stereocenters. The molecule has 0 aliphatic carbocycles. The Bertz CT molecular complexity index is 141. The quantitative estimate of drug-likeness (QED) is 0.294. The molecule has 52 valence electrons. The molecule has 0 heterocycles. The van der Waals surface area contributed by atoms with Crippen molar-refractivity contribution in [1.82, 2.24) is 0 Å². The number of carboxylic acid groups (broad SMARTS) is 2. The first-order valence-corrected chi connectivity index (χ1v) is 2.32. The molecule has 0 aromatic heterocycles. The van der Waals surface area contributed by atoms with Gasteiger partial charge >= 0.3 is 31.0 Å². The number of rotatable bonds is 2. The van der Waals surface area contributed by atoms with Crippen LogP contribution in [0.2, 0.25) is 0 Å². The van der Waals surface area contributed by atoms with Gasteiger partial charge in [-0.25, -0.2) is 0 Å². The van der Waals surface area contributed by atoms with Crippen molar-refractivity contribution in [3.05, 3.63) is 0 Å². The van der Waals surface area contributed by atoms with Crippen molar-refractivity contribution in [1.29, 1.82) is 0 Å². The van der Waals surface area contributed by atoms with E-state index in [-0.39, 0.29) is 31.0 Å². The normalized spacial score (nSPS) is 9.80. The Hall–Kier alpha value is -0.0600. The summed E-state index contributed by atoms with van der Waals surface area (Å²) in [7, 11) is 0. The minimum atomic E-state index is -1.89. The standard InChI is InChI=1S/C5H8O4.Na/c1-5(2,3(6)7)4(8)9;/h1-2H3,(H,6,7)(H,8,9);/q;+1/p-1. The molecule has 0 unspecified atom stereocenters. The van der Waals surface area contributed by atoms with Crippen molar-refractivity contribution >= 4 is 11.9 Å². The molecule has 0 bridgehead atoms. The van der Waals surface area contributed by atoms with Crippen LogP contribution < -0.4 is 39.8 Å². The summed E-state index contributed by atoms with van der Waals surface area (Å²) in [5, 5.41) is 19.9. The van der Waals surface area contributed by atoms with Crippen molar-refractivity contribution in [2.45, 2.75) is 13.8 Å². The van der Waals surface area contributed by atoms with E-state index in [4.69, 9.17) is 0 Å². The van der Waals surface area contributed by atoms with Gasteiger partial charge in [0.05, 0.1) is 11.9 Å². The SMILES string of the molecule is CC(C)(C(=O)[O-])C(=O)[O-].[H+].[Na+]. The van der Waals surface area contributed by atoms with Crippen molar-refractivity contribution in [2.24, 2.45) is 5.41 Å². The van der Waals surface area contributed by atoms with Crippen LogP contribution in [0, 0.1) is 5.41 Å². The molecule has 0 aromatic rings. The zero-order chi connectivity index (χ0) is 7.65. The summed E-state index contributed by atoms with van der Waals surface area (Å²) in [6.07, 6.45) is 0. The maximum Gasteiger partial charge on any atom is 1.00 e. The topological polar surface area (TPSA) is 80.3 Å². The molecule has 4 nitrogen and oxygen atoms in total. The van der Waals surface area contributed by atoms with Gasteiger partial charge in [-0.15, -0.1) is 0 Å². The van der Waals surface area contributed by atoms with E-state index < -0.39 is 17.4 Å². The number of carbonyl (C=O) groups is 2. The Morgan fingerprint density at radius 2 is 1.40 bits per heavy atom. The van der Waals surface area contributed by atoms with Crippen LogP contribution in [-0.4, -0.2) is 11.9 Å². The fourth-order valence-electron chi connectivity index (χ4n) is 0.0833. The van der Waals surface area contributed by atoms with Crippen molar-refractivity contribution < 1.29 is 50.8 Å². The Kier molecular flexibility index (Phi) is 4.98. The van der Waals surface area contributed by atoms with Crippen LogP contribution in [-0.2, 0) is 9.59 Å². The summed E-state index contributed by atoms with van der Waals surface area (Å²) in [6.45, 7) is 2.02. The van der Waals surface area contributed by atoms with Crippen LogP contribution in [0.5, 0.6) is 0 Å². The van der Waals surface area contributed by atoms with Crippen LogP contribution in [0.25, 0.3) is 0 Å². The molecule has 0 aliphatic rings. The van der Waals surface area contributed by atoms with Gasteiger partial charge < -0.3 is 19.8 Å². The average Bonchev–Trinajstić information content (AvgIpc) is 1.65. The third-order valence-corrected chi connectivity index (χ3v) is 1.02. The third-order valence-electron chi connectivity index (χ3n) is 1.02. The molecular formula is C5H7NaO4. The maximum atomic E-state index is 9.93. The second-order valence-corrected chi connectivity index (χ2v) is 2.20. The van der Waals surface area contributed by atoms with Crippen molar-refractivity contribution in [3.63, 3.8) is 0 Å². The van der Waals surface area contributed by atoms with Crippen LogP contribution in [0.4, 0.5) is 0 Å². The Morgan fingerprint density at radius 1 is 1.20 bits per heavy atom. The maximum absolute atomic E-state index is 9.93. The molecule has 0 saturated carbocycles. The number of carbonyl (C=O) groups excluding carboxylic acids is 2. The van der Waals surface area contributed by atoms with Gasteiger partial charge in [0.1, 0.15) is 0 Å². The molecule has 5 heteroatoms. The monoisotopic (exact) mass is 154 g/mol.